The number of rotatable bonds is 10. The normalized spacial score (nSPS) is 10.7. The molecule has 0 aliphatic heterocycles. The summed E-state index contributed by atoms with van der Waals surface area (Å²) >= 11 is 0. The number of carbonyl (C=O) groups is 1. The first-order valence-corrected chi connectivity index (χ1v) is 5.69. The van der Waals surface area contributed by atoms with Gasteiger partial charge in [-0.3, -0.25) is 0 Å². The molecule has 1 aromatic rings. The first kappa shape index (κ1) is 14.7. The molecule has 1 rings (SSSR count). The fraction of sp³-hybridized carbons (Fsp3) is 0.583. The molecule has 0 aromatic carbocycles. The second kappa shape index (κ2) is 8.68. The lowest BCUT2D eigenvalue weighted by Crippen LogP contribution is -2.06. The molecule has 102 valence electrons. The molecule has 0 bridgehead atoms. The van der Waals surface area contributed by atoms with Crippen LogP contribution in [0.1, 0.15) is 22.5 Å². The largest absolute Gasteiger partial charge is 0.475 e. The number of hydrogen-bond acceptors (Lipinski definition) is 5. The van der Waals surface area contributed by atoms with Crippen LogP contribution in [0.2, 0.25) is 0 Å². The Balaban J connectivity index is 2.07. The molecule has 0 amide bonds. The molecule has 0 fully saturated rings. The van der Waals surface area contributed by atoms with E-state index in [0.717, 1.165) is 6.42 Å². The van der Waals surface area contributed by atoms with E-state index in [9.17, 15) is 4.79 Å². The summed E-state index contributed by atoms with van der Waals surface area (Å²) in [6, 6.07) is 1.60. The maximum Gasteiger partial charge on any atom is 0.372 e. The third kappa shape index (κ3) is 5.31. The highest BCUT2D eigenvalue weighted by Crippen LogP contribution is 2.11. The third-order valence-corrected chi connectivity index (χ3v) is 2.21. The molecule has 0 spiro atoms. The standard InChI is InChI=1S/C12H18O6/c1-15-7-8-16-4-2-5-17-9-10-3-6-18-11(10)12(13)14/h3,6H,2,4-5,7-9H2,1H3,(H,13,14). The summed E-state index contributed by atoms with van der Waals surface area (Å²) in [5.41, 5.74) is 0.544. The number of carboxylic acid groups (broad SMARTS) is 1. The average Bonchev–Trinajstić information content (AvgIpc) is 2.81. The van der Waals surface area contributed by atoms with E-state index in [0.29, 0.717) is 32.0 Å². The number of furan rings is 1. The number of ether oxygens (including phenoxy) is 3. The zero-order valence-corrected chi connectivity index (χ0v) is 10.4. The van der Waals surface area contributed by atoms with Gasteiger partial charge in [0.05, 0.1) is 26.1 Å². The van der Waals surface area contributed by atoms with Crippen LogP contribution in [-0.4, -0.2) is 44.6 Å². The Labute approximate surface area is 105 Å². The van der Waals surface area contributed by atoms with E-state index in [1.54, 1.807) is 13.2 Å². The van der Waals surface area contributed by atoms with Gasteiger partial charge in [0.1, 0.15) is 0 Å². The lowest BCUT2D eigenvalue weighted by Gasteiger charge is -2.04. The molecule has 0 radical (unpaired) electrons. The van der Waals surface area contributed by atoms with Crippen molar-refractivity contribution in [1.29, 1.82) is 0 Å². The van der Waals surface area contributed by atoms with E-state index >= 15 is 0 Å². The van der Waals surface area contributed by atoms with Gasteiger partial charge in [-0.2, -0.15) is 0 Å². The van der Waals surface area contributed by atoms with Crippen LogP contribution in [0.15, 0.2) is 16.7 Å². The lowest BCUT2D eigenvalue weighted by molar-refractivity contribution is 0.0474. The van der Waals surface area contributed by atoms with Crippen molar-refractivity contribution in [3.63, 3.8) is 0 Å². The Hall–Kier alpha value is -1.37. The predicted octanol–water partition coefficient (Wildman–Crippen LogP) is 1.55. The zero-order valence-electron chi connectivity index (χ0n) is 10.4. The summed E-state index contributed by atoms with van der Waals surface area (Å²) in [5.74, 6) is -1.15. The van der Waals surface area contributed by atoms with Gasteiger partial charge < -0.3 is 23.7 Å². The minimum atomic E-state index is -1.08. The molecule has 6 nitrogen and oxygen atoms in total. The molecule has 6 heteroatoms. The molecule has 0 aliphatic rings. The van der Waals surface area contributed by atoms with Crippen molar-refractivity contribution in [2.24, 2.45) is 0 Å². The molecule has 0 atom stereocenters. The monoisotopic (exact) mass is 258 g/mol. The summed E-state index contributed by atoms with van der Waals surface area (Å²) in [7, 11) is 1.62. The topological polar surface area (TPSA) is 78.1 Å². The van der Waals surface area contributed by atoms with Crippen LogP contribution in [0.4, 0.5) is 0 Å². The Morgan fingerprint density at radius 3 is 2.78 bits per heavy atom. The van der Waals surface area contributed by atoms with E-state index in [1.165, 1.54) is 6.26 Å². The van der Waals surface area contributed by atoms with Crippen molar-refractivity contribution in [2.45, 2.75) is 13.0 Å². The zero-order chi connectivity index (χ0) is 13.2. The van der Waals surface area contributed by atoms with Crippen molar-refractivity contribution in [3.05, 3.63) is 23.7 Å². The molecule has 0 saturated heterocycles. The molecule has 1 heterocycles. The first-order valence-electron chi connectivity index (χ1n) is 5.69. The van der Waals surface area contributed by atoms with E-state index in [-0.39, 0.29) is 12.4 Å². The number of methoxy groups -OCH3 is 1. The maximum atomic E-state index is 10.7. The van der Waals surface area contributed by atoms with Crippen LogP contribution in [0.3, 0.4) is 0 Å². The second-order valence-electron chi connectivity index (χ2n) is 3.59. The average molecular weight is 258 g/mol. The van der Waals surface area contributed by atoms with Crippen molar-refractivity contribution < 1.29 is 28.5 Å². The molecule has 18 heavy (non-hydrogen) atoms. The number of hydrogen-bond donors (Lipinski definition) is 1. The third-order valence-electron chi connectivity index (χ3n) is 2.21. The van der Waals surface area contributed by atoms with Gasteiger partial charge in [0.2, 0.25) is 5.76 Å². The summed E-state index contributed by atoms with van der Waals surface area (Å²) in [6.45, 7) is 2.49. The highest BCUT2D eigenvalue weighted by Gasteiger charge is 2.13. The van der Waals surface area contributed by atoms with Gasteiger partial charge in [-0.05, 0) is 12.5 Å². The minimum Gasteiger partial charge on any atom is -0.475 e. The molecule has 1 aromatic heterocycles. The molecular weight excluding hydrogens is 240 g/mol. The highest BCUT2D eigenvalue weighted by molar-refractivity contribution is 5.85. The van der Waals surface area contributed by atoms with Gasteiger partial charge >= 0.3 is 5.97 Å². The summed E-state index contributed by atoms with van der Waals surface area (Å²) < 4.78 is 20.3. The van der Waals surface area contributed by atoms with Gasteiger partial charge in [0, 0.05) is 25.9 Å². The summed E-state index contributed by atoms with van der Waals surface area (Å²) in [5, 5.41) is 8.80. The van der Waals surface area contributed by atoms with E-state index < -0.39 is 5.97 Å². The number of aromatic carboxylic acids is 1. The Morgan fingerprint density at radius 1 is 1.28 bits per heavy atom. The smallest absolute Gasteiger partial charge is 0.372 e. The van der Waals surface area contributed by atoms with Crippen molar-refractivity contribution in [1.82, 2.24) is 0 Å². The highest BCUT2D eigenvalue weighted by atomic mass is 16.5. The fourth-order valence-electron chi connectivity index (χ4n) is 1.33. The SMILES string of the molecule is COCCOCCCOCc1ccoc1C(=O)O. The molecule has 0 unspecified atom stereocenters. The maximum absolute atomic E-state index is 10.7. The predicted molar refractivity (Wildman–Crippen MR) is 62.6 cm³/mol. The van der Waals surface area contributed by atoms with E-state index in [1.807, 2.05) is 0 Å². The van der Waals surface area contributed by atoms with Crippen LogP contribution in [0, 0.1) is 0 Å². The fourth-order valence-corrected chi connectivity index (χ4v) is 1.33. The molecule has 0 aliphatic carbocycles. The summed E-state index contributed by atoms with van der Waals surface area (Å²) in [6.07, 6.45) is 2.10. The number of carboxylic acids is 1. The van der Waals surface area contributed by atoms with E-state index in [4.69, 9.17) is 23.7 Å². The second-order valence-corrected chi connectivity index (χ2v) is 3.59. The van der Waals surface area contributed by atoms with Crippen LogP contribution in [-0.2, 0) is 20.8 Å². The minimum absolute atomic E-state index is 0.0636. The molecular formula is C12H18O6. The van der Waals surface area contributed by atoms with Crippen LogP contribution >= 0.6 is 0 Å². The van der Waals surface area contributed by atoms with Crippen molar-refractivity contribution in [3.8, 4) is 0 Å². The summed E-state index contributed by atoms with van der Waals surface area (Å²) in [4.78, 5) is 10.7. The van der Waals surface area contributed by atoms with Gasteiger partial charge in [-0.25, -0.2) is 4.79 Å². The molecule has 0 saturated carbocycles. The Morgan fingerprint density at radius 2 is 2.06 bits per heavy atom. The van der Waals surface area contributed by atoms with Crippen molar-refractivity contribution >= 4 is 5.97 Å². The first-order chi connectivity index (χ1) is 8.75. The van der Waals surface area contributed by atoms with Crippen molar-refractivity contribution in [2.75, 3.05) is 33.5 Å². The van der Waals surface area contributed by atoms with Gasteiger partial charge in [0.25, 0.3) is 0 Å². The molecule has 1 N–H and O–H groups in total. The van der Waals surface area contributed by atoms with Crippen LogP contribution in [0.25, 0.3) is 0 Å². The van der Waals surface area contributed by atoms with Gasteiger partial charge in [-0.1, -0.05) is 0 Å². The quantitative estimate of drug-likeness (QED) is 0.641. The van der Waals surface area contributed by atoms with E-state index in [2.05, 4.69) is 0 Å². The van der Waals surface area contributed by atoms with Gasteiger partial charge in [0.15, 0.2) is 0 Å². The Bertz CT molecular complexity index is 346. The Kier molecular flexibility index (Phi) is 7.09. The van der Waals surface area contributed by atoms with Gasteiger partial charge in [-0.15, -0.1) is 0 Å². The van der Waals surface area contributed by atoms with Crippen LogP contribution in [0.5, 0.6) is 0 Å². The van der Waals surface area contributed by atoms with Crippen LogP contribution < -0.4 is 0 Å². The lowest BCUT2D eigenvalue weighted by atomic mass is 10.2.